The fraction of sp³-hybridized carbons (Fsp3) is 0.455. The molecule has 1 heterocycles. The molecule has 0 atom stereocenters. The number of rotatable bonds is 4. The number of pyridine rings is 1. The first kappa shape index (κ1) is 15.5. The van der Waals surface area contributed by atoms with Crippen molar-refractivity contribution in [2.75, 3.05) is 0 Å². The molecule has 106 valence electrons. The fourth-order valence-corrected chi connectivity index (χ4v) is 2.03. The SMILES string of the molecule is CC(C)(C)CC(=O)NNS(=O)(=O)c1ccc(F)nc1. The van der Waals surface area contributed by atoms with Gasteiger partial charge in [0.15, 0.2) is 0 Å². The number of aromatic nitrogens is 1. The van der Waals surface area contributed by atoms with E-state index in [1.165, 1.54) is 0 Å². The highest BCUT2D eigenvalue weighted by Crippen LogP contribution is 2.17. The number of nitrogens with zero attached hydrogens (tertiary/aromatic N) is 1. The number of nitrogens with one attached hydrogen (secondary N) is 2. The van der Waals surface area contributed by atoms with Gasteiger partial charge in [-0.15, -0.1) is 4.83 Å². The number of sulfonamides is 1. The summed E-state index contributed by atoms with van der Waals surface area (Å²) in [7, 11) is -3.94. The number of amides is 1. The Morgan fingerprint density at radius 1 is 1.37 bits per heavy atom. The Morgan fingerprint density at radius 2 is 2.00 bits per heavy atom. The Balaban J connectivity index is 2.66. The van der Waals surface area contributed by atoms with Gasteiger partial charge < -0.3 is 0 Å². The summed E-state index contributed by atoms with van der Waals surface area (Å²) in [4.78, 5) is 16.4. The minimum Gasteiger partial charge on any atom is -0.278 e. The second kappa shape index (κ2) is 5.62. The lowest BCUT2D eigenvalue weighted by molar-refractivity contribution is -0.123. The second-order valence-corrected chi connectivity index (χ2v) is 6.89. The molecule has 1 aromatic heterocycles. The number of halogens is 1. The molecule has 6 nitrogen and oxygen atoms in total. The van der Waals surface area contributed by atoms with E-state index in [0.717, 1.165) is 18.3 Å². The van der Waals surface area contributed by atoms with E-state index in [1.54, 1.807) is 0 Å². The highest BCUT2D eigenvalue weighted by Gasteiger charge is 2.19. The smallest absolute Gasteiger partial charge is 0.258 e. The Morgan fingerprint density at radius 3 is 2.47 bits per heavy atom. The Kier molecular flexibility index (Phi) is 4.59. The van der Waals surface area contributed by atoms with Gasteiger partial charge >= 0.3 is 0 Å². The lowest BCUT2D eigenvalue weighted by Crippen LogP contribution is -2.42. The van der Waals surface area contributed by atoms with Crippen LogP contribution in [0.4, 0.5) is 4.39 Å². The average molecular weight is 289 g/mol. The molecule has 0 spiro atoms. The Hall–Kier alpha value is -1.54. The third kappa shape index (κ3) is 5.31. The van der Waals surface area contributed by atoms with Crippen molar-refractivity contribution in [2.45, 2.75) is 32.1 Å². The van der Waals surface area contributed by atoms with Gasteiger partial charge in [-0.2, -0.15) is 4.39 Å². The van der Waals surface area contributed by atoms with Gasteiger partial charge in [-0.3, -0.25) is 10.2 Å². The standard InChI is InChI=1S/C11H16FN3O3S/c1-11(2,3)6-10(16)14-15-19(17,18)8-4-5-9(12)13-7-8/h4-5,7,15H,6H2,1-3H3,(H,14,16). The summed E-state index contributed by atoms with van der Waals surface area (Å²) in [6.45, 7) is 5.56. The van der Waals surface area contributed by atoms with E-state index in [9.17, 15) is 17.6 Å². The molecule has 0 aliphatic carbocycles. The predicted octanol–water partition coefficient (Wildman–Crippen LogP) is 0.966. The number of carbonyl (C=O) groups is 1. The van der Waals surface area contributed by atoms with E-state index in [0.29, 0.717) is 0 Å². The molecule has 2 N–H and O–H groups in total. The van der Waals surface area contributed by atoms with Crippen LogP contribution in [0.3, 0.4) is 0 Å². The van der Waals surface area contributed by atoms with Crippen LogP contribution in [0.1, 0.15) is 27.2 Å². The number of carbonyl (C=O) groups excluding carboxylic acids is 1. The fourth-order valence-electron chi connectivity index (χ4n) is 1.23. The molecule has 0 bridgehead atoms. The third-order valence-corrected chi connectivity index (χ3v) is 3.26. The molecular weight excluding hydrogens is 273 g/mol. The van der Waals surface area contributed by atoms with Crippen LogP contribution in [0.25, 0.3) is 0 Å². The maximum atomic E-state index is 12.6. The molecule has 0 fully saturated rings. The molecule has 0 aliphatic heterocycles. The number of hydrazine groups is 1. The summed E-state index contributed by atoms with van der Waals surface area (Å²) in [5.41, 5.74) is 1.84. The third-order valence-electron chi connectivity index (χ3n) is 2.03. The van der Waals surface area contributed by atoms with Crippen LogP contribution in [0.15, 0.2) is 23.2 Å². The van der Waals surface area contributed by atoms with Gasteiger partial charge in [-0.05, 0) is 17.5 Å². The van der Waals surface area contributed by atoms with E-state index in [-0.39, 0.29) is 16.7 Å². The van der Waals surface area contributed by atoms with E-state index < -0.39 is 21.9 Å². The summed E-state index contributed by atoms with van der Waals surface area (Å²) < 4.78 is 36.0. The molecule has 0 aliphatic rings. The van der Waals surface area contributed by atoms with Gasteiger partial charge in [0.2, 0.25) is 11.9 Å². The van der Waals surface area contributed by atoms with Gasteiger partial charge in [0.05, 0.1) is 6.20 Å². The van der Waals surface area contributed by atoms with E-state index in [1.807, 2.05) is 25.6 Å². The van der Waals surface area contributed by atoms with Crippen LogP contribution < -0.4 is 10.3 Å². The molecule has 0 saturated carbocycles. The minimum absolute atomic E-state index is 0.164. The first-order valence-electron chi connectivity index (χ1n) is 5.52. The largest absolute Gasteiger partial charge is 0.278 e. The van der Waals surface area contributed by atoms with Crippen LogP contribution in [-0.2, 0) is 14.8 Å². The van der Waals surface area contributed by atoms with Crippen LogP contribution >= 0.6 is 0 Å². The van der Waals surface area contributed by atoms with E-state index in [4.69, 9.17) is 0 Å². The molecule has 0 saturated heterocycles. The van der Waals surface area contributed by atoms with Crippen LogP contribution in [-0.4, -0.2) is 19.3 Å². The van der Waals surface area contributed by atoms with Crippen molar-refractivity contribution < 1.29 is 17.6 Å². The summed E-state index contributed by atoms with van der Waals surface area (Å²) in [5.74, 6) is -1.23. The zero-order chi connectivity index (χ0) is 14.7. The summed E-state index contributed by atoms with van der Waals surface area (Å²) in [6, 6.07) is 1.98. The average Bonchev–Trinajstić information content (AvgIpc) is 2.25. The van der Waals surface area contributed by atoms with Crippen molar-refractivity contribution in [2.24, 2.45) is 5.41 Å². The topological polar surface area (TPSA) is 88.2 Å². The van der Waals surface area contributed by atoms with Gasteiger partial charge in [0.1, 0.15) is 4.90 Å². The summed E-state index contributed by atoms with van der Waals surface area (Å²) in [5, 5.41) is 0. The van der Waals surface area contributed by atoms with Crippen molar-refractivity contribution in [3.8, 4) is 0 Å². The monoisotopic (exact) mass is 289 g/mol. The molecule has 19 heavy (non-hydrogen) atoms. The Bertz CT molecular complexity index is 550. The highest BCUT2D eigenvalue weighted by atomic mass is 32.2. The van der Waals surface area contributed by atoms with Crippen molar-refractivity contribution in [1.29, 1.82) is 0 Å². The molecular formula is C11H16FN3O3S. The van der Waals surface area contributed by atoms with Crippen LogP contribution in [0.2, 0.25) is 0 Å². The molecule has 1 aromatic rings. The molecule has 0 radical (unpaired) electrons. The van der Waals surface area contributed by atoms with Gasteiger partial charge in [-0.25, -0.2) is 13.4 Å². The molecule has 1 amide bonds. The first-order valence-corrected chi connectivity index (χ1v) is 7.01. The maximum Gasteiger partial charge on any atom is 0.258 e. The summed E-state index contributed by atoms with van der Waals surface area (Å²) >= 11 is 0. The Labute approximate surface area is 111 Å². The van der Waals surface area contributed by atoms with Crippen molar-refractivity contribution in [1.82, 2.24) is 15.2 Å². The number of hydrogen-bond donors (Lipinski definition) is 2. The maximum absolute atomic E-state index is 12.6. The zero-order valence-corrected chi connectivity index (χ0v) is 11.7. The van der Waals surface area contributed by atoms with Gasteiger partial charge in [0, 0.05) is 6.42 Å². The van der Waals surface area contributed by atoms with Crippen molar-refractivity contribution in [3.63, 3.8) is 0 Å². The zero-order valence-electron chi connectivity index (χ0n) is 10.9. The second-order valence-electron chi connectivity index (χ2n) is 5.21. The summed E-state index contributed by atoms with van der Waals surface area (Å²) in [6.07, 6.45) is 1.03. The van der Waals surface area contributed by atoms with E-state index in [2.05, 4.69) is 10.4 Å². The van der Waals surface area contributed by atoms with Crippen LogP contribution in [0.5, 0.6) is 0 Å². The van der Waals surface area contributed by atoms with Gasteiger partial charge in [0.25, 0.3) is 10.0 Å². The number of hydrogen-bond acceptors (Lipinski definition) is 4. The molecule has 0 unspecified atom stereocenters. The molecule has 0 aromatic carbocycles. The lowest BCUT2D eigenvalue weighted by Gasteiger charge is -2.17. The normalized spacial score (nSPS) is 12.2. The molecule has 8 heteroatoms. The first-order chi connectivity index (χ1) is 8.60. The predicted molar refractivity (Wildman–Crippen MR) is 66.7 cm³/mol. The van der Waals surface area contributed by atoms with E-state index >= 15 is 0 Å². The van der Waals surface area contributed by atoms with Crippen molar-refractivity contribution >= 4 is 15.9 Å². The quantitative estimate of drug-likeness (QED) is 0.638. The van der Waals surface area contributed by atoms with Crippen molar-refractivity contribution in [3.05, 3.63) is 24.3 Å². The van der Waals surface area contributed by atoms with Crippen LogP contribution in [0, 0.1) is 11.4 Å². The molecule has 1 rings (SSSR count). The lowest BCUT2D eigenvalue weighted by atomic mass is 9.92. The highest BCUT2D eigenvalue weighted by molar-refractivity contribution is 7.89. The van der Waals surface area contributed by atoms with Gasteiger partial charge in [-0.1, -0.05) is 20.8 Å². The minimum atomic E-state index is -3.94.